The lowest BCUT2D eigenvalue weighted by molar-refractivity contribution is 0.592. The summed E-state index contributed by atoms with van der Waals surface area (Å²) in [7, 11) is -3.97. The first-order valence-corrected chi connectivity index (χ1v) is 7.48. The van der Waals surface area contributed by atoms with Gasteiger partial charge in [-0.1, -0.05) is 11.6 Å². The van der Waals surface area contributed by atoms with Crippen molar-refractivity contribution in [2.75, 3.05) is 4.72 Å². The summed E-state index contributed by atoms with van der Waals surface area (Å²) in [6, 6.07) is 2.30. The molecule has 2 aromatic heterocycles. The lowest BCUT2D eigenvalue weighted by Crippen LogP contribution is -2.14. The van der Waals surface area contributed by atoms with Gasteiger partial charge in [0, 0.05) is 16.9 Å². The molecule has 0 aliphatic heterocycles. The molecule has 100 valence electrons. The normalized spacial score (nSPS) is 11.3. The lowest BCUT2D eigenvalue weighted by Gasteiger charge is -2.09. The van der Waals surface area contributed by atoms with Gasteiger partial charge in [0.15, 0.2) is 5.15 Å². The monoisotopic (exact) mass is 365 g/mol. The Kier molecular flexibility index (Phi) is 4.02. The summed E-state index contributed by atoms with van der Waals surface area (Å²) in [6.45, 7) is 0. The molecule has 0 aromatic carbocycles. The summed E-state index contributed by atoms with van der Waals surface area (Å²) >= 11 is 8.92. The molecule has 1 N–H and O–H groups in total. The van der Waals surface area contributed by atoms with E-state index in [2.05, 4.69) is 30.6 Å². The molecule has 0 fully saturated rings. The van der Waals surface area contributed by atoms with Crippen molar-refractivity contribution in [3.63, 3.8) is 0 Å². The number of hydrogen-bond acceptors (Lipinski definition) is 4. The molecule has 0 bridgehead atoms. The van der Waals surface area contributed by atoms with Crippen LogP contribution >= 0.6 is 27.5 Å². The van der Waals surface area contributed by atoms with Gasteiger partial charge in [0.2, 0.25) is 0 Å². The summed E-state index contributed by atoms with van der Waals surface area (Å²) in [5.74, 6) is -0.749. The molecular weight excluding hydrogens is 361 g/mol. The largest absolute Gasteiger partial charge is 0.276 e. The standard InChI is InChI=1S/C10H6BrClFN3O2S/c11-6-1-9(10(12)15-3-6)16-19(17,18)8-2-7(13)4-14-5-8/h1-5,16H. The quantitative estimate of drug-likeness (QED) is 0.848. The molecule has 0 radical (unpaired) electrons. The Hall–Kier alpha value is -1.25. The van der Waals surface area contributed by atoms with Gasteiger partial charge in [-0.2, -0.15) is 0 Å². The zero-order chi connectivity index (χ0) is 14.0. The van der Waals surface area contributed by atoms with Gasteiger partial charge in [-0.25, -0.2) is 17.8 Å². The lowest BCUT2D eigenvalue weighted by atomic mass is 10.4. The summed E-state index contributed by atoms with van der Waals surface area (Å²) in [6.07, 6.45) is 3.36. The van der Waals surface area contributed by atoms with Crippen molar-refractivity contribution in [1.29, 1.82) is 0 Å². The number of aromatic nitrogens is 2. The van der Waals surface area contributed by atoms with Crippen LogP contribution in [0.3, 0.4) is 0 Å². The Morgan fingerprint density at radius 3 is 2.68 bits per heavy atom. The molecule has 5 nitrogen and oxygen atoms in total. The van der Waals surface area contributed by atoms with E-state index in [1.54, 1.807) is 0 Å². The number of nitrogens with zero attached hydrogens (tertiary/aromatic N) is 2. The predicted molar refractivity (Wildman–Crippen MR) is 72.0 cm³/mol. The minimum absolute atomic E-state index is 0.0175. The molecule has 0 aliphatic rings. The molecular formula is C10H6BrClFN3O2S. The van der Waals surface area contributed by atoms with Crippen LogP contribution in [0.5, 0.6) is 0 Å². The predicted octanol–water partition coefficient (Wildman–Crippen LogP) is 2.83. The van der Waals surface area contributed by atoms with Crippen LogP contribution in [0.1, 0.15) is 0 Å². The first-order chi connectivity index (χ1) is 8.88. The first-order valence-electron chi connectivity index (χ1n) is 4.83. The average molecular weight is 367 g/mol. The number of halogens is 3. The molecule has 0 saturated heterocycles. The van der Waals surface area contributed by atoms with Crippen molar-refractivity contribution in [1.82, 2.24) is 9.97 Å². The van der Waals surface area contributed by atoms with Crippen LogP contribution in [-0.4, -0.2) is 18.4 Å². The van der Waals surface area contributed by atoms with Crippen LogP contribution < -0.4 is 4.72 Å². The highest BCUT2D eigenvalue weighted by atomic mass is 79.9. The van der Waals surface area contributed by atoms with Gasteiger partial charge < -0.3 is 0 Å². The van der Waals surface area contributed by atoms with Crippen molar-refractivity contribution in [2.45, 2.75) is 4.90 Å². The topological polar surface area (TPSA) is 72.0 Å². The van der Waals surface area contributed by atoms with Crippen molar-refractivity contribution < 1.29 is 12.8 Å². The fourth-order valence-corrected chi connectivity index (χ4v) is 2.81. The number of pyridine rings is 2. The molecule has 9 heteroatoms. The molecule has 0 unspecified atom stereocenters. The van der Waals surface area contributed by atoms with E-state index in [1.807, 2.05) is 0 Å². The van der Waals surface area contributed by atoms with Crippen LogP contribution in [0.4, 0.5) is 10.1 Å². The third-order valence-corrected chi connectivity index (χ3v) is 4.11. The number of anilines is 1. The highest BCUT2D eigenvalue weighted by Crippen LogP contribution is 2.25. The summed E-state index contributed by atoms with van der Waals surface area (Å²) in [5, 5.41) is -0.0175. The Balaban J connectivity index is 2.39. The van der Waals surface area contributed by atoms with Crippen LogP contribution in [-0.2, 0) is 10.0 Å². The zero-order valence-electron chi connectivity index (χ0n) is 9.14. The fraction of sp³-hybridized carbons (Fsp3) is 0. The van der Waals surface area contributed by atoms with Crippen molar-refractivity contribution >= 4 is 43.2 Å². The molecule has 0 atom stereocenters. The van der Waals surface area contributed by atoms with Gasteiger partial charge in [-0.15, -0.1) is 0 Å². The highest BCUT2D eigenvalue weighted by molar-refractivity contribution is 9.10. The number of hydrogen-bond donors (Lipinski definition) is 1. The maximum Gasteiger partial charge on any atom is 0.263 e. The Morgan fingerprint density at radius 1 is 1.26 bits per heavy atom. The summed E-state index contributed by atoms with van der Waals surface area (Å²) in [4.78, 5) is 6.95. The molecule has 0 amide bonds. The minimum atomic E-state index is -3.97. The van der Waals surface area contributed by atoms with Crippen LogP contribution in [0.2, 0.25) is 5.15 Å². The van der Waals surface area contributed by atoms with E-state index in [1.165, 1.54) is 12.3 Å². The van der Waals surface area contributed by atoms with Crippen molar-refractivity contribution in [2.24, 2.45) is 0 Å². The van der Waals surface area contributed by atoms with E-state index in [9.17, 15) is 12.8 Å². The van der Waals surface area contributed by atoms with Crippen molar-refractivity contribution in [3.8, 4) is 0 Å². The Labute approximate surface area is 122 Å². The smallest absolute Gasteiger partial charge is 0.263 e. The molecule has 0 saturated carbocycles. The summed E-state index contributed by atoms with van der Waals surface area (Å²) < 4.78 is 39.7. The number of nitrogens with one attached hydrogen (secondary N) is 1. The van der Waals surface area contributed by atoms with E-state index in [4.69, 9.17) is 11.6 Å². The second-order valence-corrected chi connectivity index (χ2v) is 6.39. The molecule has 0 aliphatic carbocycles. The second-order valence-electron chi connectivity index (χ2n) is 3.44. The van der Waals surface area contributed by atoms with Gasteiger partial charge >= 0.3 is 0 Å². The maximum atomic E-state index is 13.0. The van der Waals surface area contributed by atoms with Gasteiger partial charge in [0.25, 0.3) is 10.0 Å². The summed E-state index contributed by atoms with van der Waals surface area (Å²) in [5.41, 5.74) is 0.0836. The van der Waals surface area contributed by atoms with E-state index in [-0.39, 0.29) is 15.7 Å². The van der Waals surface area contributed by atoms with E-state index in [0.29, 0.717) is 4.47 Å². The second kappa shape index (κ2) is 5.40. The van der Waals surface area contributed by atoms with E-state index < -0.39 is 15.8 Å². The third kappa shape index (κ3) is 3.40. The Bertz CT molecular complexity index is 726. The van der Waals surface area contributed by atoms with Gasteiger partial charge in [-0.05, 0) is 28.1 Å². The maximum absolute atomic E-state index is 13.0. The van der Waals surface area contributed by atoms with Crippen LogP contribution in [0.15, 0.2) is 40.1 Å². The van der Waals surface area contributed by atoms with Gasteiger partial charge in [0.05, 0.1) is 11.9 Å². The first kappa shape index (κ1) is 14.2. The fourth-order valence-electron chi connectivity index (χ4n) is 1.24. The Morgan fingerprint density at radius 2 is 2.00 bits per heavy atom. The third-order valence-electron chi connectivity index (χ3n) is 2.04. The highest BCUT2D eigenvalue weighted by Gasteiger charge is 2.17. The molecule has 2 aromatic rings. The van der Waals surface area contributed by atoms with E-state index >= 15 is 0 Å². The van der Waals surface area contributed by atoms with Gasteiger partial charge in [-0.3, -0.25) is 9.71 Å². The molecule has 2 heterocycles. The van der Waals surface area contributed by atoms with Crippen LogP contribution in [0, 0.1) is 5.82 Å². The SMILES string of the molecule is O=S(=O)(Nc1cc(Br)cnc1Cl)c1cncc(F)c1. The number of sulfonamides is 1. The van der Waals surface area contributed by atoms with E-state index in [0.717, 1.165) is 18.5 Å². The minimum Gasteiger partial charge on any atom is -0.276 e. The van der Waals surface area contributed by atoms with Crippen LogP contribution in [0.25, 0.3) is 0 Å². The number of rotatable bonds is 3. The molecule has 19 heavy (non-hydrogen) atoms. The van der Waals surface area contributed by atoms with Crippen molar-refractivity contribution in [3.05, 3.63) is 46.2 Å². The molecule has 2 rings (SSSR count). The zero-order valence-corrected chi connectivity index (χ0v) is 12.3. The average Bonchev–Trinajstić information content (AvgIpc) is 2.33. The molecule has 0 spiro atoms. The van der Waals surface area contributed by atoms with Gasteiger partial charge in [0.1, 0.15) is 10.7 Å².